The number of amidine groups is 1. The number of rotatable bonds is 6. The summed E-state index contributed by atoms with van der Waals surface area (Å²) in [5.41, 5.74) is 0.657. The zero-order valence-corrected chi connectivity index (χ0v) is 14.7. The lowest BCUT2D eigenvalue weighted by Gasteiger charge is -2.15. The second kappa shape index (κ2) is 8.21. The van der Waals surface area contributed by atoms with Crippen molar-refractivity contribution < 1.29 is 14.3 Å². The Morgan fingerprint density at radius 3 is 2.83 bits per heavy atom. The van der Waals surface area contributed by atoms with E-state index in [0.29, 0.717) is 39.6 Å². The van der Waals surface area contributed by atoms with E-state index < -0.39 is 0 Å². The van der Waals surface area contributed by atoms with E-state index in [-0.39, 0.29) is 12.0 Å². The Labute approximate surface area is 144 Å². The fraction of sp³-hybridized carbons (Fsp3) is 0.400. The normalized spacial score (nSPS) is 16.4. The van der Waals surface area contributed by atoms with E-state index in [1.54, 1.807) is 12.1 Å². The lowest BCUT2D eigenvalue weighted by atomic mass is 10.2. The summed E-state index contributed by atoms with van der Waals surface area (Å²) in [6.07, 6.45) is 1.53. The molecule has 0 radical (unpaired) electrons. The monoisotopic (exact) mass is 355 g/mol. The van der Waals surface area contributed by atoms with Crippen molar-refractivity contribution >= 4 is 40.7 Å². The zero-order valence-electron chi connectivity index (χ0n) is 13.1. The SMILES string of the molecule is CCOc1cc(C=NN=C2NC(=O)CS2)c(Cl)cc1OC(C)C. The summed E-state index contributed by atoms with van der Waals surface area (Å²) in [6, 6.07) is 3.46. The molecule has 1 aromatic rings. The number of benzene rings is 1. The average molecular weight is 356 g/mol. The van der Waals surface area contributed by atoms with Gasteiger partial charge in [-0.25, -0.2) is 0 Å². The van der Waals surface area contributed by atoms with Crippen molar-refractivity contribution in [3.05, 3.63) is 22.7 Å². The highest BCUT2D eigenvalue weighted by Crippen LogP contribution is 2.33. The Bertz CT molecular complexity index is 647. The maximum atomic E-state index is 11.1. The Hall–Kier alpha value is -1.73. The number of hydrogen-bond donors (Lipinski definition) is 1. The van der Waals surface area contributed by atoms with E-state index >= 15 is 0 Å². The van der Waals surface area contributed by atoms with Gasteiger partial charge in [-0.05, 0) is 26.8 Å². The largest absolute Gasteiger partial charge is 0.490 e. The highest BCUT2D eigenvalue weighted by molar-refractivity contribution is 8.15. The molecule has 1 amide bonds. The molecular formula is C15H18ClN3O3S. The Kier molecular flexibility index (Phi) is 6.29. The van der Waals surface area contributed by atoms with Crippen molar-refractivity contribution in [3.8, 4) is 11.5 Å². The minimum atomic E-state index is -0.0733. The van der Waals surface area contributed by atoms with Gasteiger partial charge in [0.1, 0.15) is 0 Å². The molecule has 1 N–H and O–H groups in total. The molecule has 1 aromatic carbocycles. The molecule has 6 nitrogen and oxygen atoms in total. The molecule has 1 aliphatic heterocycles. The van der Waals surface area contributed by atoms with Crippen molar-refractivity contribution in [3.63, 3.8) is 0 Å². The third-order valence-corrected chi connectivity index (χ3v) is 3.85. The summed E-state index contributed by atoms with van der Waals surface area (Å²) >= 11 is 7.56. The summed E-state index contributed by atoms with van der Waals surface area (Å²) < 4.78 is 11.3. The van der Waals surface area contributed by atoms with Crippen LogP contribution in [0.1, 0.15) is 26.3 Å². The average Bonchev–Trinajstić information content (AvgIpc) is 2.88. The molecule has 0 atom stereocenters. The zero-order chi connectivity index (χ0) is 16.8. The molecule has 1 fully saturated rings. The van der Waals surface area contributed by atoms with Gasteiger partial charge in [-0.1, -0.05) is 23.4 Å². The minimum Gasteiger partial charge on any atom is -0.490 e. The number of carbonyl (C=O) groups excluding carboxylic acids is 1. The van der Waals surface area contributed by atoms with Gasteiger partial charge in [-0.3, -0.25) is 4.79 Å². The summed E-state index contributed by atoms with van der Waals surface area (Å²) in [4.78, 5) is 11.1. The fourth-order valence-electron chi connectivity index (χ4n) is 1.79. The fourth-order valence-corrected chi connectivity index (χ4v) is 2.62. The summed E-state index contributed by atoms with van der Waals surface area (Å²) in [5.74, 6) is 1.48. The van der Waals surface area contributed by atoms with Crippen LogP contribution >= 0.6 is 23.4 Å². The Morgan fingerprint density at radius 1 is 1.43 bits per heavy atom. The second-order valence-corrected chi connectivity index (χ2v) is 6.28. The predicted octanol–water partition coefficient (Wildman–Crippen LogP) is 3.08. The van der Waals surface area contributed by atoms with Crippen LogP contribution in [0.4, 0.5) is 0 Å². The number of nitrogens with one attached hydrogen (secondary N) is 1. The number of ether oxygens (including phenoxy) is 2. The molecule has 0 aromatic heterocycles. The number of halogens is 1. The summed E-state index contributed by atoms with van der Waals surface area (Å²) in [5, 5.41) is 11.5. The van der Waals surface area contributed by atoms with Crippen molar-refractivity contribution in [2.75, 3.05) is 12.4 Å². The summed E-state index contributed by atoms with van der Waals surface area (Å²) in [6.45, 7) is 6.27. The minimum absolute atomic E-state index is 0.0131. The van der Waals surface area contributed by atoms with E-state index in [0.717, 1.165) is 0 Å². The number of amides is 1. The van der Waals surface area contributed by atoms with Crippen LogP contribution in [0.2, 0.25) is 5.02 Å². The highest BCUT2D eigenvalue weighted by atomic mass is 35.5. The first-order valence-electron chi connectivity index (χ1n) is 7.16. The highest BCUT2D eigenvalue weighted by Gasteiger charge is 2.16. The molecule has 0 aliphatic carbocycles. The third kappa shape index (κ3) is 5.14. The van der Waals surface area contributed by atoms with Crippen LogP contribution in [-0.2, 0) is 4.79 Å². The van der Waals surface area contributed by atoms with Gasteiger partial charge in [-0.2, -0.15) is 5.10 Å². The second-order valence-electron chi connectivity index (χ2n) is 4.91. The first kappa shape index (κ1) is 17.6. The van der Waals surface area contributed by atoms with Gasteiger partial charge in [0, 0.05) is 11.6 Å². The van der Waals surface area contributed by atoms with Crippen molar-refractivity contribution in [1.82, 2.24) is 5.32 Å². The molecule has 1 saturated heterocycles. The molecule has 0 spiro atoms. The van der Waals surface area contributed by atoms with Crippen LogP contribution in [0.15, 0.2) is 22.3 Å². The molecule has 1 aliphatic rings. The van der Waals surface area contributed by atoms with Crippen LogP contribution in [0.3, 0.4) is 0 Å². The molecule has 0 unspecified atom stereocenters. The van der Waals surface area contributed by atoms with Crippen LogP contribution in [0.5, 0.6) is 11.5 Å². The van der Waals surface area contributed by atoms with Gasteiger partial charge in [-0.15, -0.1) is 5.10 Å². The van der Waals surface area contributed by atoms with Gasteiger partial charge in [0.2, 0.25) is 5.91 Å². The standard InChI is InChI=1S/C15H18ClN3O3S/c1-4-21-12-5-10(11(16)6-13(12)22-9(2)3)7-17-19-15-18-14(20)8-23-15/h5-7,9H,4,8H2,1-3H3,(H,18,19,20). The third-order valence-electron chi connectivity index (χ3n) is 2.66. The smallest absolute Gasteiger partial charge is 0.236 e. The van der Waals surface area contributed by atoms with E-state index in [4.69, 9.17) is 21.1 Å². The van der Waals surface area contributed by atoms with Gasteiger partial charge in [0.05, 0.1) is 29.7 Å². The van der Waals surface area contributed by atoms with Crippen LogP contribution in [-0.4, -0.2) is 35.8 Å². The van der Waals surface area contributed by atoms with Crippen molar-refractivity contribution in [2.24, 2.45) is 10.2 Å². The number of carbonyl (C=O) groups is 1. The molecule has 1 heterocycles. The molecule has 23 heavy (non-hydrogen) atoms. The molecule has 124 valence electrons. The number of thioether (sulfide) groups is 1. The van der Waals surface area contributed by atoms with Crippen LogP contribution in [0, 0.1) is 0 Å². The Balaban J connectivity index is 2.21. The van der Waals surface area contributed by atoms with E-state index in [9.17, 15) is 4.79 Å². The summed E-state index contributed by atoms with van der Waals surface area (Å²) in [7, 11) is 0. The van der Waals surface area contributed by atoms with Crippen LogP contribution < -0.4 is 14.8 Å². The molecular weight excluding hydrogens is 338 g/mol. The van der Waals surface area contributed by atoms with Crippen LogP contribution in [0.25, 0.3) is 0 Å². The van der Waals surface area contributed by atoms with Gasteiger partial charge < -0.3 is 14.8 Å². The van der Waals surface area contributed by atoms with Crippen molar-refractivity contribution in [1.29, 1.82) is 0 Å². The van der Waals surface area contributed by atoms with Gasteiger partial charge >= 0.3 is 0 Å². The van der Waals surface area contributed by atoms with Crippen molar-refractivity contribution in [2.45, 2.75) is 26.9 Å². The van der Waals surface area contributed by atoms with E-state index in [2.05, 4.69) is 15.5 Å². The lowest BCUT2D eigenvalue weighted by Crippen LogP contribution is -2.19. The molecule has 0 saturated carbocycles. The maximum Gasteiger partial charge on any atom is 0.236 e. The number of nitrogens with zero attached hydrogens (tertiary/aromatic N) is 2. The van der Waals surface area contributed by atoms with E-state index in [1.165, 1.54) is 18.0 Å². The van der Waals surface area contributed by atoms with E-state index in [1.807, 2.05) is 20.8 Å². The topological polar surface area (TPSA) is 72.3 Å². The number of hydrogen-bond acceptors (Lipinski definition) is 6. The first-order chi connectivity index (χ1) is 11.0. The lowest BCUT2D eigenvalue weighted by molar-refractivity contribution is -0.116. The Morgan fingerprint density at radius 2 is 2.22 bits per heavy atom. The first-order valence-corrected chi connectivity index (χ1v) is 8.52. The quantitative estimate of drug-likeness (QED) is 0.628. The van der Waals surface area contributed by atoms with Gasteiger partial charge in [0.15, 0.2) is 16.7 Å². The predicted molar refractivity (Wildman–Crippen MR) is 94.0 cm³/mol. The maximum absolute atomic E-state index is 11.1. The molecule has 0 bridgehead atoms. The molecule has 2 rings (SSSR count). The van der Waals surface area contributed by atoms with Gasteiger partial charge in [0.25, 0.3) is 0 Å². The molecule has 8 heteroatoms.